The lowest BCUT2D eigenvalue weighted by Gasteiger charge is -2.34. The Morgan fingerprint density at radius 2 is 2.10 bits per heavy atom. The van der Waals surface area contributed by atoms with Crippen LogP contribution in [0.15, 0.2) is 23.2 Å². The van der Waals surface area contributed by atoms with Gasteiger partial charge in [0.2, 0.25) is 0 Å². The maximum atomic E-state index is 13.7. The largest absolute Gasteiger partial charge is 0.374 e. The summed E-state index contributed by atoms with van der Waals surface area (Å²) in [6.45, 7) is 11.4. The summed E-state index contributed by atoms with van der Waals surface area (Å²) in [5.74, 6) is 0.667. The predicted octanol–water partition coefficient (Wildman–Crippen LogP) is 1.78. The van der Waals surface area contributed by atoms with Gasteiger partial charge in [0, 0.05) is 39.0 Å². The normalized spacial score (nSPS) is 18.6. The number of guanidine groups is 1. The van der Waals surface area contributed by atoms with Crippen molar-refractivity contribution in [2.75, 3.05) is 45.6 Å². The standard InChI is InChI=1S/C21H35FN4O3S/c1-5-23-21(25-12-20-14-26(8-9-29-20)13-16(2)3)24-11-18-10-19(22)7-6-17(18)15-30(4,27)28/h6-7,10,16,20H,5,8-9,11-15H2,1-4H3,(H2,23,24,25). The molecule has 1 aromatic rings. The number of aliphatic imine (C=N–C) groups is 1. The predicted molar refractivity (Wildman–Crippen MR) is 119 cm³/mol. The Balaban J connectivity index is 2.02. The van der Waals surface area contributed by atoms with Crippen molar-refractivity contribution < 1.29 is 17.5 Å². The molecule has 0 saturated carbocycles. The third-order valence-electron chi connectivity index (χ3n) is 4.68. The van der Waals surface area contributed by atoms with Crippen LogP contribution in [0.5, 0.6) is 0 Å². The molecular formula is C21H35FN4O3S. The zero-order chi connectivity index (χ0) is 22.1. The van der Waals surface area contributed by atoms with Crippen LogP contribution in [-0.4, -0.2) is 71.0 Å². The summed E-state index contributed by atoms with van der Waals surface area (Å²) in [5.41, 5.74) is 1.13. The summed E-state index contributed by atoms with van der Waals surface area (Å²) in [4.78, 5) is 6.94. The number of nitrogens with one attached hydrogen (secondary N) is 2. The SMILES string of the molecule is CCNC(=NCc1cc(F)ccc1CS(C)(=O)=O)NCC1CN(CC(C)C)CCO1. The lowest BCUT2D eigenvalue weighted by molar-refractivity contribution is -0.0284. The Morgan fingerprint density at radius 1 is 1.33 bits per heavy atom. The van der Waals surface area contributed by atoms with Gasteiger partial charge in [0.25, 0.3) is 0 Å². The van der Waals surface area contributed by atoms with Gasteiger partial charge in [0.15, 0.2) is 15.8 Å². The number of benzene rings is 1. The molecule has 170 valence electrons. The molecule has 1 heterocycles. The molecule has 1 saturated heterocycles. The van der Waals surface area contributed by atoms with Crippen molar-refractivity contribution in [2.45, 2.75) is 39.2 Å². The molecule has 7 nitrogen and oxygen atoms in total. The number of sulfone groups is 1. The summed E-state index contributed by atoms with van der Waals surface area (Å²) in [5, 5.41) is 6.47. The lowest BCUT2D eigenvalue weighted by atomic mass is 10.1. The molecule has 0 aliphatic carbocycles. The quantitative estimate of drug-likeness (QED) is 0.448. The van der Waals surface area contributed by atoms with E-state index in [2.05, 4.69) is 34.4 Å². The van der Waals surface area contributed by atoms with Gasteiger partial charge in [-0.05, 0) is 36.1 Å². The molecular weight excluding hydrogens is 407 g/mol. The molecule has 30 heavy (non-hydrogen) atoms. The molecule has 1 aliphatic rings. The molecule has 0 amide bonds. The molecule has 2 rings (SSSR count). The van der Waals surface area contributed by atoms with Crippen molar-refractivity contribution in [3.05, 3.63) is 35.1 Å². The second-order valence-corrected chi connectivity index (χ2v) is 10.3. The highest BCUT2D eigenvalue weighted by atomic mass is 32.2. The van der Waals surface area contributed by atoms with Gasteiger partial charge in [0.05, 0.1) is 25.0 Å². The van der Waals surface area contributed by atoms with Crippen LogP contribution in [0.25, 0.3) is 0 Å². The van der Waals surface area contributed by atoms with Crippen LogP contribution in [0.4, 0.5) is 4.39 Å². The number of nitrogens with zero attached hydrogens (tertiary/aromatic N) is 2. The number of ether oxygens (including phenoxy) is 1. The van der Waals surface area contributed by atoms with Crippen LogP contribution in [-0.2, 0) is 26.9 Å². The molecule has 0 radical (unpaired) electrons. The highest BCUT2D eigenvalue weighted by Gasteiger charge is 2.21. The summed E-state index contributed by atoms with van der Waals surface area (Å²) >= 11 is 0. The van der Waals surface area contributed by atoms with Crippen LogP contribution in [0, 0.1) is 11.7 Å². The highest BCUT2D eigenvalue weighted by molar-refractivity contribution is 7.89. The van der Waals surface area contributed by atoms with Crippen molar-refractivity contribution in [2.24, 2.45) is 10.9 Å². The monoisotopic (exact) mass is 442 g/mol. The number of hydrogen-bond donors (Lipinski definition) is 2. The zero-order valence-electron chi connectivity index (χ0n) is 18.4. The molecule has 1 aliphatic heterocycles. The van der Waals surface area contributed by atoms with Crippen LogP contribution in [0.2, 0.25) is 0 Å². The molecule has 9 heteroatoms. The lowest BCUT2D eigenvalue weighted by Crippen LogP contribution is -2.50. The van der Waals surface area contributed by atoms with Crippen molar-refractivity contribution in [3.63, 3.8) is 0 Å². The zero-order valence-corrected chi connectivity index (χ0v) is 19.3. The minimum Gasteiger partial charge on any atom is -0.374 e. The van der Waals surface area contributed by atoms with Gasteiger partial charge in [-0.15, -0.1) is 0 Å². The van der Waals surface area contributed by atoms with Crippen LogP contribution in [0.3, 0.4) is 0 Å². The van der Waals surface area contributed by atoms with E-state index in [1.165, 1.54) is 24.5 Å². The maximum absolute atomic E-state index is 13.7. The van der Waals surface area contributed by atoms with E-state index in [1.807, 2.05) is 6.92 Å². The second kappa shape index (κ2) is 11.6. The van der Waals surface area contributed by atoms with Gasteiger partial charge in [-0.2, -0.15) is 0 Å². The molecule has 0 aromatic heterocycles. The molecule has 0 spiro atoms. The maximum Gasteiger partial charge on any atom is 0.191 e. The molecule has 1 atom stereocenters. The minimum absolute atomic E-state index is 0.0660. The fraction of sp³-hybridized carbons (Fsp3) is 0.667. The first-order chi connectivity index (χ1) is 14.2. The topological polar surface area (TPSA) is 83.0 Å². The molecule has 1 aromatic carbocycles. The summed E-state index contributed by atoms with van der Waals surface area (Å²) in [6, 6.07) is 4.14. The van der Waals surface area contributed by atoms with Crippen molar-refractivity contribution in [1.29, 1.82) is 0 Å². The third-order valence-corrected chi connectivity index (χ3v) is 5.52. The van der Waals surface area contributed by atoms with E-state index in [0.29, 0.717) is 42.7 Å². The molecule has 1 unspecified atom stereocenters. The van der Waals surface area contributed by atoms with Gasteiger partial charge >= 0.3 is 0 Å². The van der Waals surface area contributed by atoms with E-state index in [0.717, 1.165) is 19.6 Å². The van der Waals surface area contributed by atoms with E-state index in [1.54, 1.807) is 0 Å². The first-order valence-corrected chi connectivity index (χ1v) is 12.5. The van der Waals surface area contributed by atoms with Gasteiger partial charge in [0.1, 0.15) is 5.82 Å². The van der Waals surface area contributed by atoms with Crippen molar-refractivity contribution >= 4 is 15.8 Å². The van der Waals surface area contributed by atoms with Gasteiger partial charge in [-0.3, -0.25) is 4.90 Å². The first-order valence-electron chi connectivity index (χ1n) is 10.5. The Kier molecular flexibility index (Phi) is 9.51. The average Bonchev–Trinajstić information content (AvgIpc) is 2.64. The highest BCUT2D eigenvalue weighted by Crippen LogP contribution is 2.15. The Hall–Kier alpha value is -1.71. The minimum atomic E-state index is -3.22. The molecule has 1 fully saturated rings. The van der Waals surface area contributed by atoms with Crippen molar-refractivity contribution in [1.82, 2.24) is 15.5 Å². The fourth-order valence-electron chi connectivity index (χ4n) is 3.47. The number of halogens is 1. The summed E-state index contributed by atoms with van der Waals surface area (Å²) in [6.07, 6.45) is 1.23. The first kappa shape index (κ1) is 24.6. The molecule has 0 bridgehead atoms. The van der Waals surface area contributed by atoms with Gasteiger partial charge in [-0.25, -0.2) is 17.8 Å². The summed E-state index contributed by atoms with van der Waals surface area (Å²) in [7, 11) is -3.22. The van der Waals surface area contributed by atoms with E-state index < -0.39 is 15.7 Å². The smallest absolute Gasteiger partial charge is 0.191 e. The fourth-order valence-corrected chi connectivity index (χ4v) is 4.31. The second-order valence-electron chi connectivity index (χ2n) is 8.21. The van der Waals surface area contributed by atoms with Gasteiger partial charge in [-0.1, -0.05) is 19.9 Å². The average molecular weight is 443 g/mol. The third kappa shape index (κ3) is 8.97. The number of rotatable bonds is 9. The van der Waals surface area contributed by atoms with E-state index in [4.69, 9.17) is 4.74 Å². The Labute approximate surface area is 180 Å². The molecule has 2 N–H and O–H groups in total. The van der Waals surface area contributed by atoms with E-state index in [-0.39, 0.29) is 18.4 Å². The van der Waals surface area contributed by atoms with Gasteiger partial charge < -0.3 is 15.4 Å². The Bertz CT molecular complexity index is 814. The number of morpholine rings is 1. The summed E-state index contributed by atoms with van der Waals surface area (Å²) < 4.78 is 42.9. The van der Waals surface area contributed by atoms with Crippen LogP contribution >= 0.6 is 0 Å². The van der Waals surface area contributed by atoms with Crippen LogP contribution < -0.4 is 10.6 Å². The Morgan fingerprint density at radius 3 is 2.77 bits per heavy atom. The van der Waals surface area contributed by atoms with E-state index in [9.17, 15) is 12.8 Å². The number of hydrogen-bond acceptors (Lipinski definition) is 5. The van der Waals surface area contributed by atoms with Crippen LogP contribution in [0.1, 0.15) is 31.9 Å². The van der Waals surface area contributed by atoms with E-state index >= 15 is 0 Å². The van der Waals surface area contributed by atoms with Crippen molar-refractivity contribution in [3.8, 4) is 0 Å².